The second-order valence-electron chi connectivity index (χ2n) is 5.40. The lowest BCUT2D eigenvalue weighted by Gasteiger charge is -2.11. The summed E-state index contributed by atoms with van der Waals surface area (Å²) >= 11 is 0. The molecule has 0 unspecified atom stereocenters. The Hall–Kier alpha value is -2.75. The topological polar surface area (TPSA) is 47.6 Å². The Bertz CT molecular complexity index is 765. The molecule has 0 atom stereocenters. The lowest BCUT2D eigenvalue weighted by Crippen LogP contribution is -2.11. The summed E-state index contributed by atoms with van der Waals surface area (Å²) < 4.78 is 10.6. The van der Waals surface area contributed by atoms with E-state index in [0.29, 0.717) is 5.75 Å². The van der Waals surface area contributed by atoms with Gasteiger partial charge in [0.2, 0.25) is 12.7 Å². The third kappa shape index (κ3) is 3.37. The minimum atomic E-state index is -0.147. The molecule has 3 rings (SSSR count). The molecule has 0 spiro atoms. The summed E-state index contributed by atoms with van der Waals surface area (Å²) in [6.45, 7) is 4.32. The smallest absolute Gasteiger partial charge is 0.248 e. The average Bonchev–Trinajstić information content (AvgIpc) is 3.02. The van der Waals surface area contributed by atoms with Crippen molar-refractivity contribution in [3.8, 4) is 11.5 Å². The van der Waals surface area contributed by atoms with Crippen molar-refractivity contribution in [2.75, 3.05) is 12.1 Å². The first kappa shape index (κ1) is 15.2. The van der Waals surface area contributed by atoms with Crippen molar-refractivity contribution in [3.63, 3.8) is 0 Å². The van der Waals surface area contributed by atoms with Gasteiger partial charge in [-0.1, -0.05) is 31.2 Å². The fraction of sp³-hybridized carbons (Fsp3) is 0.211. The van der Waals surface area contributed by atoms with Gasteiger partial charge in [0.1, 0.15) is 0 Å². The second-order valence-corrected chi connectivity index (χ2v) is 5.40. The van der Waals surface area contributed by atoms with Crippen molar-refractivity contribution in [2.24, 2.45) is 0 Å². The van der Waals surface area contributed by atoms with Crippen molar-refractivity contribution in [1.29, 1.82) is 0 Å². The van der Waals surface area contributed by atoms with Gasteiger partial charge >= 0.3 is 0 Å². The summed E-state index contributed by atoms with van der Waals surface area (Å²) in [6, 6.07) is 11.6. The van der Waals surface area contributed by atoms with Crippen LogP contribution in [0.2, 0.25) is 0 Å². The van der Waals surface area contributed by atoms with Crippen LogP contribution in [-0.4, -0.2) is 12.7 Å². The molecule has 0 fully saturated rings. The lowest BCUT2D eigenvalue weighted by atomic mass is 10.1. The van der Waals surface area contributed by atoms with E-state index in [1.54, 1.807) is 6.08 Å². The zero-order valence-corrected chi connectivity index (χ0v) is 13.3. The van der Waals surface area contributed by atoms with E-state index in [2.05, 4.69) is 12.2 Å². The van der Waals surface area contributed by atoms with E-state index in [0.717, 1.165) is 34.5 Å². The summed E-state index contributed by atoms with van der Waals surface area (Å²) in [6.07, 6.45) is 4.17. The molecule has 0 saturated carbocycles. The van der Waals surface area contributed by atoms with Crippen LogP contribution in [-0.2, 0) is 11.2 Å². The third-order valence-corrected chi connectivity index (χ3v) is 3.81. The Balaban J connectivity index is 1.72. The SMILES string of the molecule is CCc1cccc(C)c1NC(=O)/C=C/c1ccc2c(c1)OCO2. The zero-order chi connectivity index (χ0) is 16.2. The van der Waals surface area contributed by atoms with Crippen LogP contribution in [0.15, 0.2) is 42.5 Å². The number of hydrogen-bond acceptors (Lipinski definition) is 3. The van der Waals surface area contributed by atoms with E-state index in [9.17, 15) is 4.79 Å². The molecule has 0 bridgehead atoms. The van der Waals surface area contributed by atoms with E-state index in [1.807, 2.05) is 43.3 Å². The first-order valence-corrected chi connectivity index (χ1v) is 7.64. The summed E-state index contributed by atoms with van der Waals surface area (Å²) in [5, 5.41) is 2.97. The van der Waals surface area contributed by atoms with Crippen LogP contribution in [0, 0.1) is 6.92 Å². The van der Waals surface area contributed by atoms with Gasteiger partial charge in [0.05, 0.1) is 0 Å². The van der Waals surface area contributed by atoms with Crippen LogP contribution in [0.1, 0.15) is 23.6 Å². The van der Waals surface area contributed by atoms with Crippen LogP contribution in [0.5, 0.6) is 11.5 Å². The van der Waals surface area contributed by atoms with Gasteiger partial charge in [-0.15, -0.1) is 0 Å². The quantitative estimate of drug-likeness (QED) is 0.870. The van der Waals surface area contributed by atoms with Gasteiger partial charge < -0.3 is 14.8 Å². The number of carbonyl (C=O) groups is 1. The Morgan fingerprint density at radius 3 is 2.87 bits per heavy atom. The molecule has 2 aromatic rings. The summed E-state index contributed by atoms with van der Waals surface area (Å²) in [4.78, 5) is 12.2. The molecule has 4 heteroatoms. The van der Waals surface area contributed by atoms with E-state index >= 15 is 0 Å². The number of anilines is 1. The summed E-state index contributed by atoms with van der Waals surface area (Å²) in [5.41, 5.74) is 3.99. The number of para-hydroxylation sites is 1. The molecule has 0 aliphatic carbocycles. The number of fused-ring (bicyclic) bond motifs is 1. The molecule has 2 aromatic carbocycles. The third-order valence-electron chi connectivity index (χ3n) is 3.81. The number of ether oxygens (including phenoxy) is 2. The van der Waals surface area contributed by atoms with Crippen LogP contribution in [0.4, 0.5) is 5.69 Å². The molecule has 1 aliphatic rings. The maximum atomic E-state index is 12.2. The number of hydrogen-bond donors (Lipinski definition) is 1. The fourth-order valence-electron chi connectivity index (χ4n) is 2.56. The van der Waals surface area contributed by atoms with Crippen molar-refractivity contribution >= 4 is 17.7 Å². The van der Waals surface area contributed by atoms with Gasteiger partial charge in [-0.2, -0.15) is 0 Å². The molecule has 1 amide bonds. The predicted molar refractivity (Wildman–Crippen MR) is 90.8 cm³/mol. The number of aryl methyl sites for hydroxylation is 2. The maximum absolute atomic E-state index is 12.2. The first-order chi connectivity index (χ1) is 11.2. The van der Waals surface area contributed by atoms with Gasteiger partial charge in [0, 0.05) is 11.8 Å². The van der Waals surface area contributed by atoms with Crippen LogP contribution < -0.4 is 14.8 Å². The van der Waals surface area contributed by atoms with Gasteiger partial charge in [0.25, 0.3) is 0 Å². The van der Waals surface area contributed by atoms with Gasteiger partial charge in [-0.05, 0) is 48.2 Å². The minimum Gasteiger partial charge on any atom is -0.454 e. The van der Waals surface area contributed by atoms with Gasteiger partial charge in [-0.3, -0.25) is 4.79 Å². The maximum Gasteiger partial charge on any atom is 0.248 e. The average molecular weight is 309 g/mol. The molecule has 1 aliphatic heterocycles. The zero-order valence-electron chi connectivity index (χ0n) is 13.3. The van der Waals surface area contributed by atoms with Crippen LogP contribution in [0.3, 0.4) is 0 Å². The Morgan fingerprint density at radius 1 is 1.22 bits per heavy atom. The molecule has 1 N–H and O–H groups in total. The van der Waals surface area contributed by atoms with Gasteiger partial charge in [0.15, 0.2) is 11.5 Å². The number of carbonyl (C=O) groups excluding carboxylic acids is 1. The molecular formula is C19H19NO3. The molecule has 4 nitrogen and oxygen atoms in total. The second kappa shape index (κ2) is 6.57. The number of benzene rings is 2. The highest BCUT2D eigenvalue weighted by Gasteiger charge is 2.12. The van der Waals surface area contributed by atoms with Crippen molar-refractivity contribution in [2.45, 2.75) is 20.3 Å². The predicted octanol–water partition coefficient (Wildman–Crippen LogP) is 3.94. The molecule has 1 heterocycles. The fourth-order valence-corrected chi connectivity index (χ4v) is 2.56. The minimum absolute atomic E-state index is 0.147. The Kier molecular flexibility index (Phi) is 4.33. The molecule has 118 valence electrons. The molecule has 0 aromatic heterocycles. The highest BCUT2D eigenvalue weighted by molar-refractivity contribution is 6.02. The Morgan fingerprint density at radius 2 is 2.04 bits per heavy atom. The van der Waals surface area contributed by atoms with E-state index in [1.165, 1.54) is 6.08 Å². The Labute approximate surface area is 135 Å². The van der Waals surface area contributed by atoms with E-state index < -0.39 is 0 Å². The number of amides is 1. The monoisotopic (exact) mass is 309 g/mol. The number of rotatable bonds is 4. The molecular weight excluding hydrogens is 290 g/mol. The lowest BCUT2D eigenvalue weighted by molar-refractivity contribution is -0.111. The largest absolute Gasteiger partial charge is 0.454 e. The molecule has 23 heavy (non-hydrogen) atoms. The van der Waals surface area contributed by atoms with E-state index in [4.69, 9.17) is 9.47 Å². The van der Waals surface area contributed by atoms with Crippen molar-refractivity contribution in [1.82, 2.24) is 0 Å². The van der Waals surface area contributed by atoms with Crippen molar-refractivity contribution in [3.05, 3.63) is 59.2 Å². The van der Waals surface area contributed by atoms with Crippen LogP contribution >= 0.6 is 0 Å². The highest BCUT2D eigenvalue weighted by Crippen LogP contribution is 2.32. The molecule has 0 radical (unpaired) electrons. The van der Waals surface area contributed by atoms with Crippen LogP contribution in [0.25, 0.3) is 6.08 Å². The summed E-state index contributed by atoms with van der Waals surface area (Å²) in [7, 11) is 0. The van der Waals surface area contributed by atoms with Gasteiger partial charge in [-0.25, -0.2) is 0 Å². The van der Waals surface area contributed by atoms with Crippen molar-refractivity contribution < 1.29 is 14.3 Å². The number of nitrogens with one attached hydrogen (secondary N) is 1. The normalized spacial score (nSPS) is 12.6. The standard InChI is InChI=1S/C19H19NO3/c1-3-15-6-4-5-13(2)19(15)20-18(21)10-8-14-7-9-16-17(11-14)23-12-22-16/h4-11H,3,12H2,1-2H3,(H,20,21)/b10-8+. The molecule has 0 saturated heterocycles. The van der Waals surface area contributed by atoms with E-state index in [-0.39, 0.29) is 12.7 Å². The first-order valence-electron chi connectivity index (χ1n) is 7.64. The highest BCUT2D eigenvalue weighted by atomic mass is 16.7. The summed E-state index contributed by atoms with van der Waals surface area (Å²) in [5.74, 6) is 1.30.